The summed E-state index contributed by atoms with van der Waals surface area (Å²) in [7, 11) is 1.29. The maximum Gasteiger partial charge on any atom is 0.340 e. The summed E-state index contributed by atoms with van der Waals surface area (Å²) in [6.45, 7) is 0.245. The third kappa shape index (κ3) is 4.07. The van der Waals surface area contributed by atoms with Crippen molar-refractivity contribution in [2.24, 2.45) is 0 Å². The molecule has 0 fully saturated rings. The molecule has 0 aromatic heterocycles. The number of aliphatic hydroxyl groups excluding tert-OH is 1. The van der Waals surface area contributed by atoms with Crippen molar-refractivity contribution >= 4 is 34.9 Å². The van der Waals surface area contributed by atoms with Crippen LogP contribution in [0, 0.1) is 0 Å². The zero-order chi connectivity index (χ0) is 12.8. The standard InChI is InChI=1S/C11H13Cl2NO3/c1-17-11(16)9-4-7(13)2-3-10(9)14-6-8(15)5-12/h2-4,8,14-15H,5-6H2,1H3. The van der Waals surface area contributed by atoms with Gasteiger partial charge in [-0.1, -0.05) is 11.6 Å². The number of nitrogens with one attached hydrogen (secondary N) is 1. The van der Waals surface area contributed by atoms with Crippen molar-refractivity contribution in [3.05, 3.63) is 28.8 Å². The molecule has 0 saturated heterocycles. The summed E-state index contributed by atoms with van der Waals surface area (Å²) in [5, 5.41) is 12.7. The zero-order valence-electron chi connectivity index (χ0n) is 9.24. The number of halogens is 2. The van der Waals surface area contributed by atoms with Crippen LogP contribution in [0.2, 0.25) is 5.02 Å². The fourth-order valence-corrected chi connectivity index (χ4v) is 1.51. The third-order valence-corrected chi connectivity index (χ3v) is 2.68. The second-order valence-corrected chi connectivity index (χ2v) is 4.12. The third-order valence-electron chi connectivity index (χ3n) is 2.09. The molecule has 0 aliphatic heterocycles. The number of carbonyl (C=O) groups excluding carboxylic acids is 1. The average molecular weight is 278 g/mol. The molecule has 6 heteroatoms. The SMILES string of the molecule is COC(=O)c1cc(Cl)ccc1NCC(O)CCl. The van der Waals surface area contributed by atoms with Crippen molar-refractivity contribution in [2.45, 2.75) is 6.10 Å². The number of aliphatic hydroxyl groups is 1. The molecule has 1 unspecified atom stereocenters. The maximum absolute atomic E-state index is 11.5. The van der Waals surface area contributed by atoms with E-state index in [1.807, 2.05) is 0 Å². The van der Waals surface area contributed by atoms with E-state index in [1.165, 1.54) is 13.2 Å². The van der Waals surface area contributed by atoms with E-state index in [2.05, 4.69) is 10.1 Å². The van der Waals surface area contributed by atoms with Crippen LogP contribution >= 0.6 is 23.2 Å². The molecule has 1 rings (SSSR count). The minimum Gasteiger partial charge on any atom is -0.465 e. The predicted molar refractivity (Wildman–Crippen MR) is 68.0 cm³/mol. The normalized spacial score (nSPS) is 12.0. The fraction of sp³-hybridized carbons (Fsp3) is 0.364. The number of hydrogen-bond donors (Lipinski definition) is 2. The van der Waals surface area contributed by atoms with Crippen LogP contribution in [0.15, 0.2) is 18.2 Å². The molecule has 1 aromatic rings. The predicted octanol–water partition coefficient (Wildman–Crippen LogP) is 2.14. The van der Waals surface area contributed by atoms with E-state index in [9.17, 15) is 9.90 Å². The van der Waals surface area contributed by atoms with Gasteiger partial charge in [-0.3, -0.25) is 0 Å². The van der Waals surface area contributed by atoms with E-state index < -0.39 is 12.1 Å². The molecule has 0 aliphatic rings. The summed E-state index contributed by atoms with van der Waals surface area (Å²) in [5.41, 5.74) is 0.868. The van der Waals surface area contributed by atoms with Gasteiger partial charge in [-0.05, 0) is 18.2 Å². The molecule has 1 aromatic carbocycles. The largest absolute Gasteiger partial charge is 0.465 e. The number of benzene rings is 1. The highest BCUT2D eigenvalue weighted by atomic mass is 35.5. The number of alkyl halides is 1. The van der Waals surface area contributed by atoms with E-state index in [1.54, 1.807) is 12.1 Å². The Morgan fingerprint density at radius 2 is 2.29 bits per heavy atom. The molecule has 0 spiro atoms. The molecule has 0 aliphatic carbocycles. The van der Waals surface area contributed by atoms with Gasteiger partial charge in [0.05, 0.1) is 24.7 Å². The number of carbonyl (C=O) groups is 1. The lowest BCUT2D eigenvalue weighted by molar-refractivity contribution is 0.0601. The monoisotopic (exact) mass is 277 g/mol. The molecule has 17 heavy (non-hydrogen) atoms. The zero-order valence-corrected chi connectivity index (χ0v) is 10.8. The number of ether oxygens (including phenoxy) is 1. The molecule has 4 nitrogen and oxygen atoms in total. The average Bonchev–Trinajstić information content (AvgIpc) is 2.35. The van der Waals surface area contributed by atoms with Crippen LogP contribution in [0.25, 0.3) is 0 Å². The number of methoxy groups -OCH3 is 1. The van der Waals surface area contributed by atoms with Gasteiger partial charge in [-0.2, -0.15) is 0 Å². The van der Waals surface area contributed by atoms with E-state index in [0.717, 1.165) is 0 Å². The van der Waals surface area contributed by atoms with Gasteiger partial charge >= 0.3 is 5.97 Å². The Morgan fingerprint density at radius 1 is 1.59 bits per heavy atom. The smallest absolute Gasteiger partial charge is 0.340 e. The van der Waals surface area contributed by atoms with Gasteiger partial charge in [0.2, 0.25) is 0 Å². The molecule has 0 amide bonds. The minimum absolute atomic E-state index is 0.119. The van der Waals surface area contributed by atoms with Crippen molar-refractivity contribution in [3.8, 4) is 0 Å². The van der Waals surface area contributed by atoms with Crippen LogP contribution in [0.5, 0.6) is 0 Å². The van der Waals surface area contributed by atoms with Crippen LogP contribution in [-0.4, -0.2) is 36.7 Å². The second kappa shape index (κ2) is 6.69. The highest BCUT2D eigenvalue weighted by Gasteiger charge is 2.13. The lowest BCUT2D eigenvalue weighted by Crippen LogP contribution is -2.22. The summed E-state index contributed by atoms with van der Waals surface area (Å²) in [5.74, 6) is -0.371. The lowest BCUT2D eigenvalue weighted by Gasteiger charge is -2.13. The molecule has 0 saturated carbocycles. The Labute approximate surface area is 109 Å². The van der Waals surface area contributed by atoms with Crippen molar-refractivity contribution in [3.63, 3.8) is 0 Å². The molecule has 94 valence electrons. The molecule has 0 heterocycles. The Balaban J connectivity index is 2.86. The first-order valence-corrected chi connectivity index (χ1v) is 5.85. The Kier molecular flexibility index (Phi) is 5.55. The van der Waals surface area contributed by atoms with Gasteiger partial charge in [0, 0.05) is 17.3 Å². The molecule has 0 radical (unpaired) electrons. The van der Waals surface area contributed by atoms with Crippen LogP contribution < -0.4 is 5.32 Å². The summed E-state index contributed by atoms with van der Waals surface area (Å²) >= 11 is 11.3. The quantitative estimate of drug-likeness (QED) is 0.640. The Bertz CT molecular complexity index is 398. The molecular weight excluding hydrogens is 265 g/mol. The van der Waals surface area contributed by atoms with E-state index >= 15 is 0 Å². The van der Waals surface area contributed by atoms with Gasteiger partial charge in [0.15, 0.2) is 0 Å². The number of rotatable bonds is 5. The number of esters is 1. The van der Waals surface area contributed by atoms with Crippen molar-refractivity contribution in [2.75, 3.05) is 24.9 Å². The number of anilines is 1. The number of hydrogen-bond acceptors (Lipinski definition) is 4. The highest BCUT2D eigenvalue weighted by molar-refractivity contribution is 6.31. The van der Waals surface area contributed by atoms with Crippen LogP contribution in [-0.2, 0) is 4.74 Å². The van der Waals surface area contributed by atoms with Gasteiger partial charge in [0.1, 0.15) is 0 Å². The van der Waals surface area contributed by atoms with Crippen molar-refractivity contribution in [1.29, 1.82) is 0 Å². The first-order chi connectivity index (χ1) is 8.08. The maximum atomic E-state index is 11.5. The van der Waals surface area contributed by atoms with E-state index in [-0.39, 0.29) is 12.4 Å². The first-order valence-electron chi connectivity index (χ1n) is 4.94. The summed E-state index contributed by atoms with van der Waals surface area (Å²) in [4.78, 5) is 11.5. The van der Waals surface area contributed by atoms with Crippen LogP contribution in [0.1, 0.15) is 10.4 Å². The van der Waals surface area contributed by atoms with Crippen molar-refractivity contribution in [1.82, 2.24) is 0 Å². The highest BCUT2D eigenvalue weighted by Crippen LogP contribution is 2.21. The summed E-state index contributed by atoms with van der Waals surface area (Å²) in [6, 6.07) is 4.79. The van der Waals surface area contributed by atoms with E-state index in [0.29, 0.717) is 16.3 Å². The van der Waals surface area contributed by atoms with Gasteiger partial charge in [-0.25, -0.2) is 4.79 Å². The summed E-state index contributed by atoms with van der Waals surface area (Å²) < 4.78 is 4.64. The summed E-state index contributed by atoms with van der Waals surface area (Å²) in [6.07, 6.45) is -0.683. The Morgan fingerprint density at radius 3 is 2.88 bits per heavy atom. The fourth-order valence-electron chi connectivity index (χ4n) is 1.23. The van der Waals surface area contributed by atoms with Gasteiger partial charge in [-0.15, -0.1) is 11.6 Å². The molecule has 2 N–H and O–H groups in total. The molecule has 0 bridgehead atoms. The molecule has 1 atom stereocenters. The lowest BCUT2D eigenvalue weighted by atomic mass is 10.1. The van der Waals surface area contributed by atoms with Crippen LogP contribution in [0.3, 0.4) is 0 Å². The van der Waals surface area contributed by atoms with E-state index in [4.69, 9.17) is 23.2 Å². The minimum atomic E-state index is -0.683. The second-order valence-electron chi connectivity index (χ2n) is 3.37. The van der Waals surface area contributed by atoms with Gasteiger partial charge in [0.25, 0.3) is 0 Å². The Hall–Kier alpha value is -0.970. The van der Waals surface area contributed by atoms with Gasteiger partial charge < -0.3 is 15.2 Å². The van der Waals surface area contributed by atoms with Crippen molar-refractivity contribution < 1.29 is 14.6 Å². The topological polar surface area (TPSA) is 58.6 Å². The first kappa shape index (κ1) is 14.1. The van der Waals surface area contributed by atoms with Crippen LogP contribution in [0.4, 0.5) is 5.69 Å². The molecular formula is C11H13Cl2NO3.